The Morgan fingerprint density at radius 3 is 0.182 bits per heavy atom. The SMILES string of the molecule is O.O.O.O.O.O.O.[Na].[Na].[Na].[Na]. The molecule has 0 aromatic heterocycles. The predicted octanol–water partition coefficient (Wildman–Crippen LogP) is -7.30. The van der Waals surface area contributed by atoms with Gasteiger partial charge in [-0.05, 0) is 0 Å². The maximum Gasteiger partial charge on any atom is 0 e. The van der Waals surface area contributed by atoms with Crippen LogP contribution in [0.25, 0.3) is 0 Å². The third kappa shape index (κ3) is 136. The van der Waals surface area contributed by atoms with E-state index in [-0.39, 0.29) is 157 Å². The Kier molecular flexibility index (Phi) is 2920. The maximum atomic E-state index is 0. The van der Waals surface area contributed by atoms with E-state index in [9.17, 15) is 0 Å². The molecule has 0 aliphatic heterocycles. The van der Waals surface area contributed by atoms with Crippen LogP contribution in [-0.2, 0) is 0 Å². The van der Waals surface area contributed by atoms with Gasteiger partial charge in [-0.1, -0.05) is 0 Å². The molecule has 0 aliphatic rings. The molecule has 0 aliphatic carbocycles. The van der Waals surface area contributed by atoms with Crippen molar-refractivity contribution >= 4 is 118 Å². The zero-order valence-electron chi connectivity index (χ0n) is 7.50. The first-order valence-corrected chi connectivity index (χ1v) is 0. The molecule has 7 nitrogen and oxygen atoms in total. The van der Waals surface area contributed by atoms with Crippen molar-refractivity contribution in [3.05, 3.63) is 0 Å². The van der Waals surface area contributed by atoms with E-state index in [0.29, 0.717) is 0 Å². The molecule has 0 amide bonds. The molecule has 0 aromatic carbocycles. The molecule has 4 radical (unpaired) electrons. The molecule has 0 spiro atoms. The summed E-state index contributed by atoms with van der Waals surface area (Å²) < 4.78 is 0. The molecule has 0 aromatic rings. The first-order chi connectivity index (χ1) is 0. The maximum absolute atomic E-state index is 0. The molecule has 11 heavy (non-hydrogen) atoms. The molecule has 0 atom stereocenters. The molecule has 0 unspecified atom stereocenters. The zero-order valence-corrected chi connectivity index (χ0v) is 15.5. The number of hydrogen-bond donors (Lipinski definition) is 0. The summed E-state index contributed by atoms with van der Waals surface area (Å²) in [5, 5.41) is 0. The van der Waals surface area contributed by atoms with Crippen molar-refractivity contribution in [3.63, 3.8) is 0 Å². The van der Waals surface area contributed by atoms with Crippen LogP contribution < -0.4 is 0 Å². The van der Waals surface area contributed by atoms with E-state index < -0.39 is 0 Å². The quantitative estimate of drug-likeness (QED) is 0.345. The molecule has 60 valence electrons. The summed E-state index contributed by atoms with van der Waals surface area (Å²) in [6.07, 6.45) is 0. The smallest absolute Gasteiger partial charge is 0 e. The third-order valence-corrected chi connectivity index (χ3v) is 0. The van der Waals surface area contributed by atoms with Gasteiger partial charge >= 0.3 is 0 Å². The summed E-state index contributed by atoms with van der Waals surface area (Å²) in [5.74, 6) is 0. The summed E-state index contributed by atoms with van der Waals surface area (Å²) in [4.78, 5) is 0. The Morgan fingerprint density at radius 2 is 0.182 bits per heavy atom. The summed E-state index contributed by atoms with van der Waals surface area (Å²) >= 11 is 0. The van der Waals surface area contributed by atoms with E-state index in [2.05, 4.69) is 0 Å². The first kappa shape index (κ1) is 200. The van der Waals surface area contributed by atoms with Crippen LogP contribution >= 0.6 is 0 Å². The Labute approximate surface area is 153 Å². The van der Waals surface area contributed by atoms with Crippen LogP contribution in [0.4, 0.5) is 0 Å². The van der Waals surface area contributed by atoms with Gasteiger partial charge in [0.15, 0.2) is 0 Å². The Morgan fingerprint density at radius 1 is 0.182 bits per heavy atom. The van der Waals surface area contributed by atoms with Gasteiger partial charge < -0.3 is 38.3 Å². The summed E-state index contributed by atoms with van der Waals surface area (Å²) in [5.41, 5.74) is 0. The summed E-state index contributed by atoms with van der Waals surface area (Å²) in [6, 6.07) is 0. The van der Waals surface area contributed by atoms with Gasteiger partial charge in [-0.3, -0.25) is 0 Å². The second-order valence-electron chi connectivity index (χ2n) is 0. The topological polar surface area (TPSA) is 220 Å². The van der Waals surface area contributed by atoms with E-state index in [1.54, 1.807) is 0 Å². The van der Waals surface area contributed by atoms with E-state index in [1.807, 2.05) is 0 Å². The molecule has 0 bridgehead atoms. The van der Waals surface area contributed by atoms with Crippen molar-refractivity contribution in [2.75, 3.05) is 0 Å². The van der Waals surface area contributed by atoms with Gasteiger partial charge in [0.2, 0.25) is 0 Å². The minimum atomic E-state index is 0. The van der Waals surface area contributed by atoms with Gasteiger partial charge in [0.25, 0.3) is 0 Å². The molecule has 0 saturated carbocycles. The van der Waals surface area contributed by atoms with Crippen LogP contribution in [0, 0.1) is 0 Å². The Balaban J connectivity index is 0. The first-order valence-electron chi connectivity index (χ1n) is 0. The molecule has 14 N–H and O–H groups in total. The Bertz CT molecular complexity index is 10.4. The fourth-order valence-electron chi connectivity index (χ4n) is 0. The molecular formula is H14Na4O7. The van der Waals surface area contributed by atoms with Crippen molar-refractivity contribution in [1.29, 1.82) is 0 Å². The van der Waals surface area contributed by atoms with Gasteiger partial charge in [0.1, 0.15) is 0 Å². The number of hydrogen-bond acceptors (Lipinski definition) is 0. The minimum Gasteiger partial charge on any atom is -0.412 e. The van der Waals surface area contributed by atoms with Gasteiger partial charge in [-0.25, -0.2) is 0 Å². The van der Waals surface area contributed by atoms with E-state index in [4.69, 9.17) is 0 Å². The van der Waals surface area contributed by atoms with Gasteiger partial charge in [0, 0.05) is 118 Å². The minimum absolute atomic E-state index is 0. The molecule has 0 heterocycles. The summed E-state index contributed by atoms with van der Waals surface area (Å²) in [6.45, 7) is 0. The van der Waals surface area contributed by atoms with Crippen molar-refractivity contribution in [1.82, 2.24) is 0 Å². The van der Waals surface area contributed by atoms with Crippen molar-refractivity contribution < 1.29 is 38.3 Å². The number of rotatable bonds is 0. The van der Waals surface area contributed by atoms with Crippen LogP contribution in [0.3, 0.4) is 0 Å². The average molecular weight is 218 g/mol. The fraction of sp³-hybridized carbons (Fsp3) is 0. The van der Waals surface area contributed by atoms with E-state index >= 15 is 0 Å². The standard InChI is InChI=1S/4Na.7H2O/h;;;;7*1H2. The molecular weight excluding hydrogens is 204 g/mol. The largest absolute Gasteiger partial charge is 0.412 e. The Hall–Kier alpha value is 3.72. The van der Waals surface area contributed by atoms with Crippen molar-refractivity contribution in [2.45, 2.75) is 0 Å². The van der Waals surface area contributed by atoms with Crippen LogP contribution in [-0.4, -0.2) is 157 Å². The van der Waals surface area contributed by atoms with Crippen LogP contribution in [0.5, 0.6) is 0 Å². The van der Waals surface area contributed by atoms with E-state index in [0.717, 1.165) is 0 Å². The van der Waals surface area contributed by atoms with Crippen LogP contribution in [0.1, 0.15) is 0 Å². The summed E-state index contributed by atoms with van der Waals surface area (Å²) in [7, 11) is 0. The normalized spacial score (nSPS) is 0. The van der Waals surface area contributed by atoms with Crippen LogP contribution in [0.2, 0.25) is 0 Å². The predicted molar refractivity (Wildman–Crippen MR) is 48.3 cm³/mol. The zero-order chi connectivity index (χ0) is 0. The van der Waals surface area contributed by atoms with E-state index in [1.165, 1.54) is 0 Å². The monoisotopic (exact) mass is 218 g/mol. The van der Waals surface area contributed by atoms with Gasteiger partial charge in [-0.2, -0.15) is 0 Å². The van der Waals surface area contributed by atoms with Crippen molar-refractivity contribution in [2.24, 2.45) is 0 Å². The van der Waals surface area contributed by atoms with Crippen LogP contribution in [0.15, 0.2) is 0 Å². The second-order valence-corrected chi connectivity index (χ2v) is 0. The molecule has 0 fully saturated rings. The van der Waals surface area contributed by atoms with Gasteiger partial charge in [0.05, 0.1) is 0 Å². The molecule has 0 rings (SSSR count). The fourth-order valence-corrected chi connectivity index (χ4v) is 0. The third-order valence-electron chi connectivity index (χ3n) is 0. The average Bonchev–Trinajstić information content (AvgIpc) is 0. The molecule has 11 heteroatoms. The second kappa shape index (κ2) is 160. The van der Waals surface area contributed by atoms with Crippen molar-refractivity contribution in [3.8, 4) is 0 Å². The van der Waals surface area contributed by atoms with Gasteiger partial charge in [-0.15, -0.1) is 0 Å². The molecule has 0 saturated heterocycles.